The van der Waals surface area contributed by atoms with Crippen LogP contribution in [-0.2, 0) is 6.18 Å². The largest absolute Gasteiger partial charge is 0.486 e. The van der Waals surface area contributed by atoms with E-state index in [9.17, 15) is 13.2 Å². The first-order valence-electron chi connectivity index (χ1n) is 11.0. The van der Waals surface area contributed by atoms with Gasteiger partial charge in [-0.15, -0.1) is 0 Å². The monoisotopic (exact) mass is 434 g/mol. The molecule has 4 rings (SSSR count). The average molecular weight is 435 g/mol. The summed E-state index contributed by atoms with van der Waals surface area (Å²) < 4.78 is 50.3. The van der Waals surface area contributed by atoms with E-state index in [1.165, 1.54) is 12.1 Å². The Balaban J connectivity index is 1.50. The predicted octanol–water partition coefficient (Wildman–Crippen LogP) is 5.35. The molecule has 0 spiro atoms. The maximum absolute atomic E-state index is 13.0. The fraction of sp³-hybridized carbons (Fsp3) is 0.500. The molecule has 0 aliphatic carbocycles. The van der Waals surface area contributed by atoms with Crippen molar-refractivity contribution in [2.75, 3.05) is 32.8 Å². The molecule has 4 nitrogen and oxygen atoms in total. The summed E-state index contributed by atoms with van der Waals surface area (Å²) in [6.45, 7) is 5.83. The van der Waals surface area contributed by atoms with Gasteiger partial charge in [-0.05, 0) is 67.7 Å². The molecule has 2 aromatic rings. The molecule has 2 aliphatic heterocycles. The number of rotatable bonds is 7. The van der Waals surface area contributed by atoms with Crippen molar-refractivity contribution in [3.63, 3.8) is 0 Å². The second-order valence-electron chi connectivity index (χ2n) is 8.15. The molecule has 0 aromatic heterocycles. The minimum atomic E-state index is -4.31. The molecule has 31 heavy (non-hydrogen) atoms. The molecule has 1 N–H and O–H groups in total. The Morgan fingerprint density at radius 1 is 0.935 bits per heavy atom. The highest BCUT2D eigenvalue weighted by Gasteiger charge is 2.31. The van der Waals surface area contributed by atoms with Gasteiger partial charge in [0.2, 0.25) is 0 Å². The van der Waals surface area contributed by atoms with Gasteiger partial charge in [-0.25, -0.2) is 0 Å². The van der Waals surface area contributed by atoms with Crippen LogP contribution in [0.2, 0.25) is 0 Å². The van der Waals surface area contributed by atoms with Gasteiger partial charge in [0.1, 0.15) is 13.2 Å². The lowest BCUT2D eigenvalue weighted by Crippen LogP contribution is -2.35. The second kappa shape index (κ2) is 9.49. The lowest BCUT2D eigenvalue weighted by atomic mass is 10.0. The number of nitrogens with one attached hydrogen (secondary N) is 1. The van der Waals surface area contributed by atoms with E-state index >= 15 is 0 Å². The predicted molar refractivity (Wildman–Crippen MR) is 113 cm³/mol. The third kappa shape index (κ3) is 5.15. The van der Waals surface area contributed by atoms with E-state index in [4.69, 9.17) is 9.47 Å². The summed E-state index contributed by atoms with van der Waals surface area (Å²) in [6.07, 6.45) is -1.18. The summed E-state index contributed by atoms with van der Waals surface area (Å²) in [6, 6.07) is 11.8. The molecule has 0 radical (unpaired) electrons. The summed E-state index contributed by atoms with van der Waals surface area (Å²) >= 11 is 0. The Morgan fingerprint density at radius 2 is 1.58 bits per heavy atom. The molecule has 0 bridgehead atoms. The van der Waals surface area contributed by atoms with Gasteiger partial charge in [-0.1, -0.05) is 25.1 Å². The third-order valence-electron chi connectivity index (χ3n) is 6.14. The highest BCUT2D eigenvalue weighted by atomic mass is 19.4. The smallest absolute Gasteiger partial charge is 0.416 e. The van der Waals surface area contributed by atoms with E-state index < -0.39 is 11.7 Å². The Labute approximate surface area is 181 Å². The standard InChI is InChI=1S/C24H29F3N2O2/c1-2-20(18-7-10-22-23(15-18)31-14-13-30-22)28-16-21(29-11-3-4-12-29)17-5-8-19(9-6-17)24(25,26)27/h5-10,15,20-21,28H,2-4,11-14,16H2,1H3. The molecule has 2 aliphatic rings. The number of ether oxygens (including phenoxy) is 2. The zero-order valence-corrected chi connectivity index (χ0v) is 17.8. The van der Waals surface area contributed by atoms with E-state index in [1.54, 1.807) is 12.1 Å². The average Bonchev–Trinajstić information content (AvgIpc) is 3.30. The molecular weight excluding hydrogens is 405 g/mol. The number of benzene rings is 2. The van der Waals surface area contributed by atoms with Gasteiger partial charge in [0.05, 0.1) is 5.56 Å². The molecule has 7 heteroatoms. The number of alkyl halides is 3. The van der Waals surface area contributed by atoms with Crippen LogP contribution < -0.4 is 14.8 Å². The van der Waals surface area contributed by atoms with E-state index in [-0.39, 0.29) is 12.1 Å². The molecule has 0 saturated carbocycles. The third-order valence-corrected chi connectivity index (χ3v) is 6.14. The van der Waals surface area contributed by atoms with Crippen LogP contribution in [0.15, 0.2) is 42.5 Å². The maximum atomic E-state index is 13.0. The number of halogens is 3. The molecule has 1 fully saturated rings. The van der Waals surface area contributed by atoms with Crippen molar-refractivity contribution in [1.82, 2.24) is 10.2 Å². The molecule has 2 atom stereocenters. The van der Waals surface area contributed by atoms with E-state index in [1.807, 2.05) is 12.1 Å². The van der Waals surface area contributed by atoms with Crippen molar-refractivity contribution in [2.24, 2.45) is 0 Å². The van der Waals surface area contributed by atoms with Crippen molar-refractivity contribution in [3.8, 4) is 11.5 Å². The van der Waals surface area contributed by atoms with Crippen molar-refractivity contribution >= 4 is 0 Å². The highest BCUT2D eigenvalue weighted by Crippen LogP contribution is 2.34. The zero-order valence-electron chi connectivity index (χ0n) is 17.8. The van der Waals surface area contributed by atoms with Gasteiger partial charge in [-0.3, -0.25) is 4.90 Å². The Morgan fingerprint density at radius 3 is 2.23 bits per heavy atom. The van der Waals surface area contributed by atoms with Crippen LogP contribution in [0.4, 0.5) is 13.2 Å². The van der Waals surface area contributed by atoms with E-state index in [0.29, 0.717) is 19.8 Å². The van der Waals surface area contributed by atoms with Gasteiger partial charge in [0.25, 0.3) is 0 Å². The minimum absolute atomic E-state index is 0.0380. The molecule has 1 saturated heterocycles. The molecule has 168 valence electrons. The number of hydrogen-bond donors (Lipinski definition) is 1. The van der Waals surface area contributed by atoms with Crippen LogP contribution in [0.3, 0.4) is 0 Å². The fourth-order valence-electron chi connectivity index (χ4n) is 4.43. The fourth-order valence-corrected chi connectivity index (χ4v) is 4.43. The molecule has 2 aromatic carbocycles. The molecular formula is C24H29F3N2O2. The summed E-state index contributed by atoms with van der Waals surface area (Å²) in [5.74, 6) is 1.53. The Hall–Kier alpha value is -2.25. The van der Waals surface area contributed by atoms with Crippen LogP contribution in [0.1, 0.15) is 55.0 Å². The first-order valence-corrected chi connectivity index (χ1v) is 11.0. The number of fused-ring (bicyclic) bond motifs is 1. The van der Waals surface area contributed by atoms with Crippen molar-refractivity contribution in [2.45, 2.75) is 44.4 Å². The zero-order chi connectivity index (χ0) is 21.8. The second-order valence-corrected chi connectivity index (χ2v) is 8.15. The van der Waals surface area contributed by atoms with E-state index in [0.717, 1.165) is 55.0 Å². The Bertz CT molecular complexity index is 864. The van der Waals surface area contributed by atoms with Crippen LogP contribution >= 0.6 is 0 Å². The lowest BCUT2D eigenvalue weighted by Gasteiger charge is -2.31. The van der Waals surface area contributed by atoms with Crippen LogP contribution in [-0.4, -0.2) is 37.7 Å². The lowest BCUT2D eigenvalue weighted by molar-refractivity contribution is -0.137. The van der Waals surface area contributed by atoms with Gasteiger partial charge in [-0.2, -0.15) is 13.2 Å². The topological polar surface area (TPSA) is 33.7 Å². The Kier molecular flexibility index (Phi) is 6.72. The normalized spacial score (nSPS) is 18.7. The summed E-state index contributed by atoms with van der Waals surface area (Å²) in [5, 5.41) is 3.65. The highest BCUT2D eigenvalue weighted by molar-refractivity contribution is 5.44. The number of hydrogen-bond acceptors (Lipinski definition) is 4. The van der Waals surface area contributed by atoms with Gasteiger partial charge in [0, 0.05) is 18.6 Å². The SMILES string of the molecule is CCC(NCC(c1ccc(C(F)(F)F)cc1)N1CCCC1)c1ccc2c(c1)OCCO2. The van der Waals surface area contributed by atoms with Crippen LogP contribution in [0.25, 0.3) is 0 Å². The maximum Gasteiger partial charge on any atom is 0.416 e. The first-order chi connectivity index (χ1) is 15.0. The summed E-state index contributed by atoms with van der Waals surface area (Å²) in [7, 11) is 0. The summed E-state index contributed by atoms with van der Waals surface area (Å²) in [5.41, 5.74) is 1.44. The number of likely N-dealkylation sites (tertiary alicyclic amines) is 1. The van der Waals surface area contributed by atoms with Crippen LogP contribution in [0.5, 0.6) is 11.5 Å². The quantitative estimate of drug-likeness (QED) is 0.637. The molecule has 2 unspecified atom stereocenters. The van der Waals surface area contributed by atoms with Crippen molar-refractivity contribution < 1.29 is 22.6 Å². The van der Waals surface area contributed by atoms with E-state index in [2.05, 4.69) is 23.2 Å². The van der Waals surface area contributed by atoms with Gasteiger partial charge >= 0.3 is 6.18 Å². The minimum Gasteiger partial charge on any atom is -0.486 e. The van der Waals surface area contributed by atoms with Crippen LogP contribution in [0, 0.1) is 0 Å². The number of nitrogens with zero attached hydrogens (tertiary/aromatic N) is 1. The first kappa shape index (κ1) is 22.0. The van der Waals surface area contributed by atoms with Crippen molar-refractivity contribution in [1.29, 1.82) is 0 Å². The van der Waals surface area contributed by atoms with Gasteiger partial charge in [0.15, 0.2) is 11.5 Å². The van der Waals surface area contributed by atoms with Crippen molar-refractivity contribution in [3.05, 3.63) is 59.2 Å². The molecule has 0 amide bonds. The summed E-state index contributed by atoms with van der Waals surface area (Å²) in [4.78, 5) is 2.37. The molecule has 2 heterocycles. The van der Waals surface area contributed by atoms with Gasteiger partial charge < -0.3 is 14.8 Å².